The van der Waals surface area contributed by atoms with Gasteiger partial charge in [-0.3, -0.25) is 9.10 Å². The fourth-order valence-corrected chi connectivity index (χ4v) is 4.98. The van der Waals surface area contributed by atoms with Gasteiger partial charge in [-0.1, -0.05) is 6.92 Å². The van der Waals surface area contributed by atoms with E-state index >= 15 is 0 Å². The maximum Gasteiger partial charge on any atom is 0.264 e. The van der Waals surface area contributed by atoms with E-state index in [9.17, 15) is 17.6 Å². The number of sulfonamides is 1. The predicted molar refractivity (Wildman–Crippen MR) is 114 cm³/mol. The number of nitrogens with zero attached hydrogens (tertiary/aromatic N) is 2. The number of halogens is 1. The Balaban J connectivity index is 1.92. The van der Waals surface area contributed by atoms with Crippen molar-refractivity contribution < 1.29 is 22.3 Å². The van der Waals surface area contributed by atoms with Crippen LogP contribution < -0.4 is 9.04 Å². The van der Waals surface area contributed by atoms with Crippen LogP contribution in [0.25, 0.3) is 0 Å². The van der Waals surface area contributed by atoms with Crippen LogP contribution in [-0.2, 0) is 14.8 Å². The Hall–Kier alpha value is -2.61. The molecule has 1 fully saturated rings. The fourth-order valence-electron chi connectivity index (χ4n) is 3.56. The molecule has 2 aromatic rings. The molecule has 1 aliphatic heterocycles. The molecule has 0 unspecified atom stereocenters. The van der Waals surface area contributed by atoms with Crippen molar-refractivity contribution in [1.82, 2.24) is 4.90 Å². The van der Waals surface area contributed by atoms with Crippen LogP contribution in [-0.4, -0.2) is 45.5 Å². The quantitative estimate of drug-likeness (QED) is 0.667. The normalized spacial score (nSPS) is 16.9. The Kier molecular flexibility index (Phi) is 6.97. The van der Waals surface area contributed by atoms with E-state index in [1.54, 1.807) is 17.0 Å². The molecule has 0 radical (unpaired) electrons. The second kappa shape index (κ2) is 9.47. The van der Waals surface area contributed by atoms with Crippen LogP contribution in [0.2, 0.25) is 0 Å². The van der Waals surface area contributed by atoms with E-state index in [4.69, 9.17) is 4.74 Å². The van der Waals surface area contributed by atoms with Crippen LogP contribution in [0, 0.1) is 11.7 Å². The van der Waals surface area contributed by atoms with Gasteiger partial charge in [-0.15, -0.1) is 0 Å². The number of carbonyl (C=O) groups excluding carboxylic acids is 1. The molecule has 2 aromatic carbocycles. The number of carbonyl (C=O) groups is 1. The monoisotopic (exact) mass is 434 g/mol. The Morgan fingerprint density at radius 1 is 1.17 bits per heavy atom. The van der Waals surface area contributed by atoms with Crippen molar-refractivity contribution in [3.8, 4) is 5.75 Å². The van der Waals surface area contributed by atoms with Gasteiger partial charge in [0, 0.05) is 13.1 Å². The van der Waals surface area contributed by atoms with Gasteiger partial charge in [0.2, 0.25) is 5.91 Å². The number of benzene rings is 2. The third kappa shape index (κ3) is 5.11. The van der Waals surface area contributed by atoms with Crippen molar-refractivity contribution in [2.45, 2.75) is 31.6 Å². The number of rotatable bonds is 7. The van der Waals surface area contributed by atoms with E-state index in [0.717, 1.165) is 17.1 Å². The maximum absolute atomic E-state index is 13.4. The van der Waals surface area contributed by atoms with Gasteiger partial charge < -0.3 is 9.64 Å². The smallest absolute Gasteiger partial charge is 0.264 e. The molecule has 0 saturated carbocycles. The van der Waals surface area contributed by atoms with Crippen molar-refractivity contribution in [2.24, 2.45) is 5.92 Å². The predicted octanol–water partition coefficient (Wildman–Crippen LogP) is 3.68. The summed E-state index contributed by atoms with van der Waals surface area (Å²) in [4.78, 5) is 14.7. The summed E-state index contributed by atoms with van der Waals surface area (Å²) in [6.07, 6.45) is 1.95. The Morgan fingerprint density at radius 3 is 2.43 bits per heavy atom. The van der Waals surface area contributed by atoms with E-state index in [1.165, 1.54) is 36.4 Å². The lowest BCUT2D eigenvalue weighted by Crippen LogP contribution is -2.46. The molecule has 6 nitrogen and oxygen atoms in total. The molecule has 162 valence electrons. The standard InChI is InChI=1S/C22H27FN2O4S/c1-3-29-20-10-12-21(13-11-20)30(27,28)25(19-8-6-18(23)7-9-19)16-22(26)24-14-4-5-17(2)15-24/h6-13,17H,3-5,14-16H2,1-2H3/t17-/m1/s1. The van der Waals surface area contributed by atoms with Crippen LogP contribution in [0.3, 0.4) is 0 Å². The lowest BCUT2D eigenvalue weighted by Gasteiger charge is -2.33. The highest BCUT2D eigenvalue weighted by Crippen LogP contribution is 2.26. The minimum atomic E-state index is -4.04. The number of anilines is 1. The minimum Gasteiger partial charge on any atom is -0.494 e. The van der Waals surface area contributed by atoms with Gasteiger partial charge >= 0.3 is 0 Å². The number of amides is 1. The Bertz CT molecular complexity index is 962. The van der Waals surface area contributed by atoms with Gasteiger partial charge in [0.05, 0.1) is 17.2 Å². The zero-order valence-electron chi connectivity index (χ0n) is 17.3. The molecule has 0 spiro atoms. The zero-order chi connectivity index (χ0) is 21.7. The third-order valence-corrected chi connectivity index (χ3v) is 6.91. The first kappa shape index (κ1) is 22.1. The molecular weight excluding hydrogens is 407 g/mol. The number of likely N-dealkylation sites (tertiary alicyclic amines) is 1. The van der Waals surface area contributed by atoms with E-state index in [0.29, 0.717) is 31.4 Å². The second-order valence-corrected chi connectivity index (χ2v) is 9.34. The van der Waals surface area contributed by atoms with E-state index in [-0.39, 0.29) is 23.0 Å². The minimum absolute atomic E-state index is 0.0371. The van der Waals surface area contributed by atoms with Crippen molar-refractivity contribution in [3.05, 3.63) is 54.3 Å². The highest BCUT2D eigenvalue weighted by Gasteiger charge is 2.30. The first-order chi connectivity index (χ1) is 14.3. The fraction of sp³-hybridized carbons (Fsp3) is 0.409. The Labute approximate surface area is 177 Å². The number of hydrogen-bond donors (Lipinski definition) is 0. The van der Waals surface area contributed by atoms with Crippen molar-refractivity contribution >= 4 is 21.6 Å². The maximum atomic E-state index is 13.4. The highest BCUT2D eigenvalue weighted by atomic mass is 32.2. The molecule has 0 N–H and O–H groups in total. The molecule has 1 amide bonds. The molecule has 0 aliphatic carbocycles. The lowest BCUT2D eigenvalue weighted by atomic mass is 10.0. The van der Waals surface area contributed by atoms with Crippen LogP contribution in [0.5, 0.6) is 5.75 Å². The molecule has 1 heterocycles. The summed E-state index contributed by atoms with van der Waals surface area (Å²) < 4.78 is 46.6. The molecule has 0 aromatic heterocycles. The van der Waals surface area contributed by atoms with E-state index < -0.39 is 15.8 Å². The third-order valence-electron chi connectivity index (χ3n) is 5.13. The van der Waals surface area contributed by atoms with Gasteiger partial charge in [0.15, 0.2) is 0 Å². The SMILES string of the molecule is CCOc1ccc(S(=O)(=O)N(CC(=O)N2CCC[C@@H](C)C2)c2ccc(F)cc2)cc1. The largest absolute Gasteiger partial charge is 0.494 e. The first-order valence-electron chi connectivity index (χ1n) is 10.1. The molecule has 1 saturated heterocycles. The second-order valence-electron chi connectivity index (χ2n) is 7.48. The van der Waals surface area contributed by atoms with Gasteiger partial charge in [-0.05, 0) is 74.2 Å². The average molecular weight is 435 g/mol. The summed E-state index contributed by atoms with van der Waals surface area (Å²) in [5, 5.41) is 0. The van der Waals surface area contributed by atoms with Gasteiger partial charge in [0.1, 0.15) is 18.1 Å². The zero-order valence-corrected chi connectivity index (χ0v) is 18.1. The summed E-state index contributed by atoms with van der Waals surface area (Å²) in [5.41, 5.74) is 0.240. The van der Waals surface area contributed by atoms with Gasteiger partial charge in [-0.25, -0.2) is 12.8 Å². The van der Waals surface area contributed by atoms with E-state index in [1.807, 2.05) is 6.92 Å². The number of ether oxygens (including phenoxy) is 1. The molecule has 0 bridgehead atoms. The first-order valence-corrected chi connectivity index (χ1v) is 11.5. The van der Waals surface area contributed by atoms with Crippen molar-refractivity contribution in [3.63, 3.8) is 0 Å². The Morgan fingerprint density at radius 2 is 1.83 bits per heavy atom. The molecule has 8 heteroatoms. The van der Waals surface area contributed by atoms with Crippen LogP contribution in [0.15, 0.2) is 53.4 Å². The molecule has 1 aliphatic rings. The molecule has 30 heavy (non-hydrogen) atoms. The van der Waals surface area contributed by atoms with Gasteiger partial charge in [-0.2, -0.15) is 0 Å². The van der Waals surface area contributed by atoms with Crippen LogP contribution in [0.1, 0.15) is 26.7 Å². The van der Waals surface area contributed by atoms with Crippen LogP contribution >= 0.6 is 0 Å². The van der Waals surface area contributed by atoms with Crippen LogP contribution in [0.4, 0.5) is 10.1 Å². The highest BCUT2D eigenvalue weighted by molar-refractivity contribution is 7.92. The molecular formula is C22H27FN2O4S. The van der Waals surface area contributed by atoms with Crippen molar-refractivity contribution in [2.75, 3.05) is 30.5 Å². The average Bonchev–Trinajstić information content (AvgIpc) is 2.73. The lowest BCUT2D eigenvalue weighted by molar-refractivity contribution is -0.131. The topological polar surface area (TPSA) is 66.9 Å². The number of hydrogen-bond acceptors (Lipinski definition) is 4. The summed E-state index contributed by atoms with van der Waals surface area (Å²) in [6.45, 7) is 5.27. The van der Waals surface area contributed by atoms with E-state index in [2.05, 4.69) is 6.92 Å². The summed E-state index contributed by atoms with van der Waals surface area (Å²) in [6, 6.07) is 11.2. The summed E-state index contributed by atoms with van der Waals surface area (Å²) in [5.74, 6) is 0.196. The van der Waals surface area contributed by atoms with Crippen molar-refractivity contribution in [1.29, 1.82) is 0 Å². The summed E-state index contributed by atoms with van der Waals surface area (Å²) >= 11 is 0. The summed E-state index contributed by atoms with van der Waals surface area (Å²) in [7, 11) is -4.04. The number of piperidine rings is 1. The molecule has 3 rings (SSSR count). The molecule has 1 atom stereocenters. The van der Waals surface area contributed by atoms with Gasteiger partial charge in [0.25, 0.3) is 10.0 Å².